The van der Waals surface area contributed by atoms with Gasteiger partial charge in [-0.05, 0) is 66.9 Å². The Kier molecular flexibility index (Phi) is 5.81. The molecule has 1 aliphatic heterocycles. The van der Waals surface area contributed by atoms with E-state index in [1.807, 2.05) is 13.8 Å². The van der Waals surface area contributed by atoms with E-state index in [4.69, 9.17) is 4.74 Å². The van der Waals surface area contributed by atoms with Crippen molar-refractivity contribution in [2.45, 2.75) is 38.4 Å². The maximum atomic E-state index is 14.6. The van der Waals surface area contributed by atoms with Crippen molar-refractivity contribution >= 4 is 39.1 Å². The molecule has 3 heterocycles. The van der Waals surface area contributed by atoms with Crippen LogP contribution in [-0.4, -0.2) is 39.4 Å². The molecule has 4 rings (SSSR count). The number of rotatable bonds is 5. The topological polar surface area (TPSA) is 84.7 Å². The Morgan fingerprint density at radius 2 is 2.13 bits per heavy atom. The average Bonchev–Trinajstić information content (AvgIpc) is 3.32. The molecule has 0 saturated carbocycles. The molecule has 7 nitrogen and oxygen atoms in total. The molecule has 1 aliphatic rings. The van der Waals surface area contributed by atoms with Crippen LogP contribution in [0.5, 0.6) is 0 Å². The van der Waals surface area contributed by atoms with Crippen LogP contribution in [0.3, 0.4) is 0 Å². The van der Waals surface area contributed by atoms with Crippen molar-refractivity contribution in [1.29, 1.82) is 0 Å². The molecule has 0 aliphatic carbocycles. The molecule has 3 aromatic rings. The van der Waals surface area contributed by atoms with E-state index in [0.717, 1.165) is 12.8 Å². The van der Waals surface area contributed by atoms with Crippen molar-refractivity contribution < 1.29 is 18.7 Å². The third kappa shape index (κ3) is 4.62. The number of imidazole rings is 1. The van der Waals surface area contributed by atoms with E-state index in [1.165, 1.54) is 18.3 Å². The molecule has 1 saturated heterocycles. The first kappa shape index (κ1) is 21.5. The summed E-state index contributed by atoms with van der Waals surface area (Å²) in [5.74, 6) is -1.58. The Hall–Kier alpha value is -2.78. The van der Waals surface area contributed by atoms with E-state index in [1.54, 1.807) is 28.8 Å². The highest BCUT2D eigenvalue weighted by Gasteiger charge is 2.31. The highest BCUT2D eigenvalue weighted by atomic mass is 79.9. The second-order valence-electron chi connectivity index (χ2n) is 8.09. The summed E-state index contributed by atoms with van der Waals surface area (Å²) >= 11 is 3.13. The zero-order valence-electron chi connectivity index (χ0n) is 17.1. The minimum atomic E-state index is -0.667. The van der Waals surface area contributed by atoms with Crippen LogP contribution in [0.25, 0.3) is 5.65 Å². The van der Waals surface area contributed by atoms with Gasteiger partial charge in [0.1, 0.15) is 11.3 Å². The van der Waals surface area contributed by atoms with Gasteiger partial charge in [0.25, 0.3) is 11.8 Å². The fourth-order valence-electron chi connectivity index (χ4n) is 3.63. The van der Waals surface area contributed by atoms with Crippen molar-refractivity contribution in [3.8, 4) is 0 Å². The molecule has 2 N–H and O–H groups in total. The third-order valence-corrected chi connectivity index (χ3v) is 5.81. The quantitative estimate of drug-likeness (QED) is 0.564. The summed E-state index contributed by atoms with van der Waals surface area (Å²) in [6.45, 7) is 4.40. The van der Waals surface area contributed by atoms with Gasteiger partial charge in [-0.3, -0.25) is 14.0 Å². The van der Waals surface area contributed by atoms with Gasteiger partial charge in [0.15, 0.2) is 5.82 Å². The lowest BCUT2D eigenvalue weighted by molar-refractivity contribution is -0.0138. The summed E-state index contributed by atoms with van der Waals surface area (Å²) in [6.07, 6.45) is 4.84. The fraction of sp³-hybridized carbons (Fsp3) is 0.318. The van der Waals surface area contributed by atoms with Crippen LogP contribution in [0, 0.1) is 5.82 Å². The van der Waals surface area contributed by atoms with Crippen LogP contribution in [-0.2, 0) is 4.74 Å². The molecule has 1 aromatic carbocycles. The zero-order chi connectivity index (χ0) is 22.2. The summed E-state index contributed by atoms with van der Waals surface area (Å²) in [5.41, 5.74) is 0.776. The SMILES string of the molecule is CC1(C)CCC(CNC(=O)c2cc(Br)c(F)c(NC(=O)c3cnc4ccccn34)c2)O1. The number of nitrogens with zero attached hydrogens (tertiary/aromatic N) is 2. The Morgan fingerprint density at radius 1 is 1.32 bits per heavy atom. The van der Waals surface area contributed by atoms with Gasteiger partial charge in [-0.2, -0.15) is 0 Å². The zero-order valence-corrected chi connectivity index (χ0v) is 18.7. The number of nitrogens with one attached hydrogen (secondary N) is 2. The van der Waals surface area contributed by atoms with Crippen LogP contribution in [0.1, 0.15) is 47.5 Å². The van der Waals surface area contributed by atoms with Crippen LogP contribution in [0.2, 0.25) is 0 Å². The molecule has 0 spiro atoms. The number of anilines is 1. The van der Waals surface area contributed by atoms with Crippen molar-refractivity contribution in [2.75, 3.05) is 11.9 Å². The van der Waals surface area contributed by atoms with Gasteiger partial charge in [0.05, 0.1) is 28.1 Å². The first-order valence-electron chi connectivity index (χ1n) is 9.92. The smallest absolute Gasteiger partial charge is 0.274 e. The number of benzene rings is 1. The molecule has 0 radical (unpaired) electrons. The predicted molar refractivity (Wildman–Crippen MR) is 118 cm³/mol. The van der Waals surface area contributed by atoms with Crippen LogP contribution in [0.4, 0.5) is 10.1 Å². The minimum absolute atomic E-state index is 0.0582. The van der Waals surface area contributed by atoms with Gasteiger partial charge < -0.3 is 15.4 Å². The van der Waals surface area contributed by atoms with E-state index in [-0.39, 0.29) is 39.0 Å². The van der Waals surface area contributed by atoms with E-state index in [9.17, 15) is 14.0 Å². The van der Waals surface area contributed by atoms with Gasteiger partial charge in [0.2, 0.25) is 0 Å². The molecule has 9 heteroatoms. The highest BCUT2D eigenvalue weighted by Crippen LogP contribution is 2.29. The minimum Gasteiger partial charge on any atom is -0.371 e. The van der Waals surface area contributed by atoms with Crippen LogP contribution in [0.15, 0.2) is 47.2 Å². The second-order valence-corrected chi connectivity index (χ2v) is 8.95. The fourth-order valence-corrected chi connectivity index (χ4v) is 4.09. The molecule has 0 bridgehead atoms. The maximum Gasteiger partial charge on any atom is 0.274 e. The van der Waals surface area contributed by atoms with Gasteiger partial charge in [-0.25, -0.2) is 9.37 Å². The Labute approximate surface area is 187 Å². The Bertz CT molecular complexity index is 1160. The number of ether oxygens (including phenoxy) is 1. The van der Waals surface area contributed by atoms with Crippen molar-refractivity contribution in [1.82, 2.24) is 14.7 Å². The number of carbonyl (C=O) groups excluding carboxylic acids is 2. The Balaban J connectivity index is 1.50. The molecule has 1 atom stereocenters. The van der Waals surface area contributed by atoms with Gasteiger partial charge in [0, 0.05) is 18.3 Å². The first-order valence-corrected chi connectivity index (χ1v) is 10.7. The summed E-state index contributed by atoms with van der Waals surface area (Å²) in [7, 11) is 0. The van der Waals surface area contributed by atoms with E-state index in [0.29, 0.717) is 12.2 Å². The van der Waals surface area contributed by atoms with Crippen LogP contribution < -0.4 is 10.6 Å². The first-order chi connectivity index (χ1) is 14.7. The molecular weight excluding hydrogens is 467 g/mol. The lowest BCUT2D eigenvalue weighted by Crippen LogP contribution is -2.33. The number of pyridine rings is 1. The second kappa shape index (κ2) is 8.39. The third-order valence-electron chi connectivity index (χ3n) is 5.23. The standard InChI is InChI=1S/C22H22BrFN4O3/c1-22(2)7-6-14(31-22)11-26-20(29)13-9-15(23)19(24)16(10-13)27-21(30)17-12-25-18-5-3-4-8-28(17)18/h3-5,8-10,12,14H,6-7,11H2,1-2H3,(H,26,29)(H,27,30). The highest BCUT2D eigenvalue weighted by molar-refractivity contribution is 9.10. The van der Waals surface area contributed by atoms with Crippen molar-refractivity contribution in [3.63, 3.8) is 0 Å². The summed E-state index contributed by atoms with van der Waals surface area (Å²) in [4.78, 5) is 29.5. The summed E-state index contributed by atoms with van der Waals surface area (Å²) in [5, 5.41) is 5.36. The number of halogens is 2. The molecule has 31 heavy (non-hydrogen) atoms. The number of fused-ring (bicyclic) bond motifs is 1. The lowest BCUT2D eigenvalue weighted by atomic mass is 10.1. The maximum absolute atomic E-state index is 14.6. The molecular formula is C22H22BrFN4O3. The number of hydrogen-bond acceptors (Lipinski definition) is 4. The van der Waals surface area contributed by atoms with E-state index < -0.39 is 11.7 Å². The molecule has 2 aromatic heterocycles. The largest absolute Gasteiger partial charge is 0.371 e. The van der Waals surface area contributed by atoms with Gasteiger partial charge >= 0.3 is 0 Å². The number of amides is 2. The monoisotopic (exact) mass is 488 g/mol. The summed E-state index contributed by atoms with van der Waals surface area (Å²) < 4.78 is 22.2. The number of carbonyl (C=O) groups is 2. The normalized spacial score (nSPS) is 17.6. The van der Waals surface area contributed by atoms with Crippen LogP contribution >= 0.6 is 15.9 Å². The predicted octanol–water partition coefficient (Wildman–Crippen LogP) is 4.18. The summed E-state index contributed by atoms with van der Waals surface area (Å²) in [6, 6.07) is 8.03. The van der Waals surface area contributed by atoms with Gasteiger partial charge in [-0.1, -0.05) is 6.07 Å². The number of aromatic nitrogens is 2. The molecule has 2 amide bonds. The molecule has 1 fully saturated rings. The van der Waals surface area contributed by atoms with Crippen molar-refractivity contribution in [3.05, 3.63) is 64.3 Å². The average molecular weight is 489 g/mol. The lowest BCUT2D eigenvalue weighted by Gasteiger charge is -2.19. The molecule has 1 unspecified atom stereocenters. The van der Waals surface area contributed by atoms with E-state index >= 15 is 0 Å². The number of hydrogen-bond donors (Lipinski definition) is 2. The van der Waals surface area contributed by atoms with Crippen molar-refractivity contribution in [2.24, 2.45) is 0 Å². The van der Waals surface area contributed by atoms with E-state index in [2.05, 4.69) is 31.5 Å². The Morgan fingerprint density at radius 3 is 2.87 bits per heavy atom. The van der Waals surface area contributed by atoms with Gasteiger partial charge in [-0.15, -0.1) is 0 Å². The molecule has 162 valence electrons.